The summed E-state index contributed by atoms with van der Waals surface area (Å²) in [4.78, 5) is 19.2. The van der Waals surface area contributed by atoms with Gasteiger partial charge in [0.15, 0.2) is 0 Å². The highest BCUT2D eigenvalue weighted by molar-refractivity contribution is 5.57. The fourth-order valence-electron chi connectivity index (χ4n) is 2.77. The second-order valence-electron chi connectivity index (χ2n) is 5.59. The van der Waals surface area contributed by atoms with Crippen molar-refractivity contribution in [3.8, 4) is 5.75 Å². The van der Waals surface area contributed by atoms with Crippen molar-refractivity contribution >= 4 is 11.5 Å². The average Bonchev–Trinajstić information content (AvgIpc) is 2.63. The zero-order chi connectivity index (χ0) is 16.8. The number of para-hydroxylation sites is 1. The summed E-state index contributed by atoms with van der Waals surface area (Å²) in [5.74, 6) is 1.34. The molecule has 24 heavy (non-hydrogen) atoms. The van der Waals surface area contributed by atoms with E-state index in [1.54, 1.807) is 12.3 Å². The number of hydrogen-bond acceptors (Lipinski definition) is 6. The number of rotatable bonds is 6. The summed E-state index contributed by atoms with van der Waals surface area (Å²) in [6.45, 7) is 4.60. The third kappa shape index (κ3) is 3.99. The molecule has 0 amide bonds. The number of piperazine rings is 1. The minimum Gasteiger partial charge on any atom is -0.492 e. The van der Waals surface area contributed by atoms with Crippen molar-refractivity contribution in [2.75, 3.05) is 44.2 Å². The Balaban J connectivity index is 1.48. The third-order valence-electron chi connectivity index (χ3n) is 4.05. The largest absolute Gasteiger partial charge is 0.492 e. The highest BCUT2D eigenvalue weighted by Crippen LogP contribution is 2.25. The summed E-state index contributed by atoms with van der Waals surface area (Å²) < 4.78 is 5.71. The SMILES string of the molecule is O=[N+]([O-])c1cccnc1N1CCN(CCOc2ccccc2)CC1. The maximum Gasteiger partial charge on any atom is 0.311 e. The molecule has 1 aliphatic rings. The average molecular weight is 328 g/mol. The van der Waals surface area contributed by atoms with E-state index >= 15 is 0 Å². The number of ether oxygens (including phenoxy) is 1. The van der Waals surface area contributed by atoms with Gasteiger partial charge in [-0.2, -0.15) is 0 Å². The normalized spacial score (nSPS) is 15.2. The van der Waals surface area contributed by atoms with E-state index in [1.165, 1.54) is 6.07 Å². The molecular weight excluding hydrogens is 308 g/mol. The molecule has 126 valence electrons. The first-order valence-electron chi connectivity index (χ1n) is 7.98. The van der Waals surface area contributed by atoms with Gasteiger partial charge in [0.2, 0.25) is 5.82 Å². The third-order valence-corrected chi connectivity index (χ3v) is 4.05. The van der Waals surface area contributed by atoms with Gasteiger partial charge in [-0.05, 0) is 18.2 Å². The van der Waals surface area contributed by atoms with Crippen LogP contribution in [0.25, 0.3) is 0 Å². The first-order chi connectivity index (χ1) is 11.7. The van der Waals surface area contributed by atoms with Crippen LogP contribution in [0.15, 0.2) is 48.7 Å². The Hall–Kier alpha value is -2.67. The predicted octanol–water partition coefficient (Wildman–Crippen LogP) is 2.19. The fourth-order valence-corrected chi connectivity index (χ4v) is 2.77. The molecule has 0 saturated carbocycles. The zero-order valence-electron chi connectivity index (χ0n) is 13.4. The van der Waals surface area contributed by atoms with Crippen LogP contribution in [0.3, 0.4) is 0 Å². The van der Waals surface area contributed by atoms with Crippen LogP contribution < -0.4 is 9.64 Å². The van der Waals surface area contributed by atoms with Crippen LogP contribution in [0.1, 0.15) is 0 Å². The maximum atomic E-state index is 11.1. The summed E-state index contributed by atoms with van der Waals surface area (Å²) in [5.41, 5.74) is 0.0679. The summed E-state index contributed by atoms with van der Waals surface area (Å²) in [6, 6.07) is 12.8. The standard InChI is InChI=1S/C17H20N4O3/c22-21(23)16-7-4-8-18-17(16)20-11-9-19(10-12-20)13-14-24-15-5-2-1-3-6-15/h1-8H,9-14H2. The van der Waals surface area contributed by atoms with Gasteiger partial charge in [0.1, 0.15) is 12.4 Å². The molecule has 2 heterocycles. The van der Waals surface area contributed by atoms with E-state index in [2.05, 4.69) is 9.88 Å². The second kappa shape index (κ2) is 7.74. The minimum absolute atomic E-state index is 0.0679. The van der Waals surface area contributed by atoms with Crippen LogP contribution in [-0.2, 0) is 0 Å². The van der Waals surface area contributed by atoms with Crippen molar-refractivity contribution in [1.82, 2.24) is 9.88 Å². The van der Waals surface area contributed by atoms with Gasteiger partial charge in [-0.25, -0.2) is 4.98 Å². The summed E-state index contributed by atoms with van der Waals surface area (Å²) >= 11 is 0. The molecule has 1 aromatic heterocycles. The molecule has 2 aromatic rings. The van der Waals surface area contributed by atoms with E-state index in [0.717, 1.165) is 38.5 Å². The van der Waals surface area contributed by atoms with Crippen LogP contribution in [0.2, 0.25) is 0 Å². The molecule has 0 radical (unpaired) electrons. The molecule has 7 heteroatoms. The van der Waals surface area contributed by atoms with Crippen LogP contribution >= 0.6 is 0 Å². The summed E-state index contributed by atoms with van der Waals surface area (Å²) in [7, 11) is 0. The van der Waals surface area contributed by atoms with Crippen LogP contribution in [0.5, 0.6) is 5.75 Å². The quantitative estimate of drug-likeness (QED) is 0.598. The van der Waals surface area contributed by atoms with Gasteiger partial charge < -0.3 is 9.64 Å². The number of benzene rings is 1. The molecular formula is C17H20N4O3. The molecule has 0 bridgehead atoms. The van der Waals surface area contributed by atoms with Gasteiger partial charge in [-0.15, -0.1) is 0 Å². The Morgan fingerprint density at radius 3 is 2.54 bits per heavy atom. The molecule has 0 unspecified atom stereocenters. The topological polar surface area (TPSA) is 71.7 Å². The van der Waals surface area contributed by atoms with Gasteiger partial charge in [0.05, 0.1) is 4.92 Å². The number of anilines is 1. The summed E-state index contributed by atoms with van der Waals surface area (Å²) in [5, 5.41) is 11.1. The van der Waals surface area contributed by atoms with Crippen molar-refractivity contribution in [3.63, 3.8) is 0 Å². The lowest BCUT2D eigenvalue weighted by atomic mass is 10.3. The predicted molar refractivity (Wildman–Crippen MR) is 91.5 cm³/mol. The maximum absolute atomic E-state index is 11.1. The molecule has 0 N–H and O–H groups in total. The lowest BCUT2D eigenvalue weighted by Gasteiger charge is -2.34. The molecule has 7 nitrogen and oxygen atoms in total. The highest BCUT2D eigenvalue weighted by atomic mass is 16.6. The van der Waals surface area contributed by atoms with Crippen molar-refractivity contribution in [2.45, 2.75) is 0 Å². The molecule has 0 spiro atoms. The molecule has 0 atom stereocenters. The molecule has 1 aromatic carbocycles. The lowest BCUT2D eigenvalue weighted by Crippen LogP contribution is -2.47. The van der Waals surface area contributed by atoms with Gasteiger partial charge >= 0.3 is 5.69 Å². The van der Waals surface area contributed by atoms with E-state index < -0.39 is 0 Å². The number of aromatic nitrogens is 1. The molecule has 0 aliphatic carbocycles. The Labute approximate surface area is 140 Å². The van der Waals surface area contributed by atoms with Gasteiger partial charge in [0, 0.05) is 45.0 Å². The van der Waals surface area contributed by atoms with E-state index in [0.29, 0.717) is 12.4 Å². The van der Waals surface area contributed by atoms with Crippen LogP contribution in [0, 0.1) is 10.1 Å². The fraction of sp³-hybridized carbons (Fsp3) is 0.353. The summed E-state index contributed by atoms with van der Waals surface area (Å²) in [6.07, 6.45) is 1.60. The Morgan fingerprint density at radius 1 is 1.08 bits per heavy atom. The lowest BCUT2D eigenvalue weighted by molar-refractivity contribution is -0.384. The van der Waals surface area contributed by atoms with Crippen LogP contribution in [0.4, 0.5) is 11.5 Å². The van der Waals surface area contributed by atoms with E-state index in [9.17, 15) is 10.1 Å². The Kier molecular flexibility index (Phi) is 5.22. The van der Waals surface area contributed by atoms with E-state index in [1.807, 2.05) is 35.2 Å². The molecule has 1 aliphatic heterocycles. The molecule has 3 rings (SSSR count). The smallest absolute Gasteiger partial charge is 0.311 e. The Morgan fingerprint density at radius 2 is 1.83 bits per heavy atom. The van der Waals surface area contributed by atoms with Crippen molar-refractivity contribution in [3.05, 3.63) is 58.8 Å². The van der Waals surface area contributed by atoms with Crippen molar-refractivity contribution in [1.29, 1.82) is 0 Å². The first kappa shape index (κ1) is 16.2. The van der Waals surface area contributed by atoms with Crippen LogP contribution in [-0.4, -0.2) is 54.1 Å². The number of hydrogen-bond donors (Lipinski definition) is 0. The van der Waals surface area contributed by atoms with E-state index in [4.69, 9.17) is 4.74 Å². The first-order valence-corrected chi connectivity index (χ1v) is 7.98. The number of nitro groups is 1. The highest BCUT2D eigenvalue weighted by Gasteiger charge is 2.24. The van der Waals surface area contributed by atoms with Crippen molar-refractivity contribution < 1.29 is 9.66 Å². The van der Waals surface area contributed by atoms with Gasteiger partial charge in [-0.3, -0.25) is 15.0 Å². The molecule has 1 saturated heterocycles. The second-order valence-corrected chi connectivity index (χ2v) is 5.59. The minimum atomic E-state index is -0.373. The number of pyridine rings is 1. The monoisotopic (exact) mass is 328 g/mol. The Bertz CT molecular complexity index is 673. The van der Waals surface area contributed by atoms with Gasteiger partial charge in [0.25, 0.3) is 0 Å². The molecule has 1 fully saturated rings. The van der Waals surface area contributed by atoms with E-state index in [-0.39, 0.29) is 10.6 Å². The zero-order valence-corrected chi connectivity index (χ0v) is 13.4. The van der Waals surface area contributed by atoms with Gasteiger partial charge in [-0.1, -0.05) is 18.2 Å². The number of nitrogens with zero attached hydrogens (tertiary/aromatic N) is 4. The van der Waals surface area contributed by atoms with Crippen molar-refractivity contribution in [2.24, 2.45) is 0 Å².